The predicted octanol–water partition coefficient (Wildman–Crippen LogP) is 6.82. The number of halogens is 3. The minimum Gasteiger partial charge on any atom is -0.497 e. The van der Waals surface area contributed by atoms with Crippen molar-refractivity contribution in [2.45, 2.75) is 19.7 Å². The van der Waals surface area contributed by atoms with Crippen molar-refractivity contribution in [3.8, 4) is 22.6 Å². The summed E-state index contributed by atoms with van der Waals surface area (Å²) in [5.41, 5.74) is 2.46. The van der Waals surface area contributed by atoms with Gasteiger partial charge in [-0.15, -0.1) is 0 Å². The van der Waals surface area contributed by atoms with Crippen LogP contribution < -0.4 is 9.47 Å². The van der Waals surface area contributed by atoms with Gasteiger partial charge in [-0.2, -0.15) is 13.2 Å². The summed E-state index contributed by atoms with van der Waals surface area (Å²) < 4.78 is 51.5. The lowest BCUT2D eigenvalue weighted by molar-refractivity contribution is -0.136. The fourth-order valence-electron chi connectivity index (χ4n) is 3.56. The van der Waals surface area contributed by atoms with Crippen LogP contribution in [-0.2, 0) is 12.8 Å². The van der Waals surface area contributed by atoms with E-state index >= 15 is 0 Å². The van der Waals surface area contributed by atoms with Crippen LogP contribution in [0, 0.1) is 6.92 Å². The number of ether oxygens (including phenoxy) is 2. The SMILES string of the molecule is COc1ccc(COc2cccc(-c3c(C)cnc4c(C(F)(F)F)cccc34)c2)cc1. The van der Waals surface area contributed by atoms with E-state index in [9.17, 15) is 13.2 Å². The highest BCUT2D eigenvalue weighted by Crippen LogP contribution is 2.38. The van der Waals surface area contributed by atoms with Crippen LogP contribution in [-0.4, -0.2) is 12.1 Å². The fourth-order valence-corrected chi connectivity index (χ4v) is 3.56. The van der Waals surface area contributed by atoms with Gasteiger partial charge in [0.05, 0.1) is 18.2 Å². The van der Waals surface area contributed by atoms with Gasteiger partial charge in [-0.25, -0.2) is 0 Å². The van der Waals surface area contributed by atoms with E-state index in [2.05, 4.69) is 4.98 Å². The van der Waals surface area contributed by atoms with Gasteiger partial charge in [-0.1, -0.05) is 36.4 Å². The number of aryl methyl sites for hydroxylation is 1. The number of benzene rings is 3. The molecular weight excluding hydrogens is 403 g/mol. The largest absolute Gasteiger partial charge is 0.497 e. The van der Waals surface area contributed by atoms with Gasteiger partial charge in [0, 0.05) is 11.6 Å². The highest BCUT2D eigenvalue weighted by molar-refractivity contribution is 5.97. The van der Waals surface area contributed by atoms with Crippen LogP contribution in [0.15, 0.2) is 72.9 Å². The maximum Gasteiger partial charge on any atom is 0.418 e. The van der Waals surface area contributed by atoms with Crippen molar-refractivity contribution in [1.82, 2.24) is 4.98 Å². The third kappa shape index (κ3) is 4.33. The molecule has 4 rings (SSSR count). The maximum atomic E-state index is 13.5. The van der Waals surface area contributed by atoms with E-state index in [-0.39, 0.29) is 5.52 Å². The van der Waals surface area contributed by atoms with Crippen molar-refractivity contribution in [3.63, 3.8) is 0 Å². The number of para-hydroxylation sites is 1. The molecule has 3 nitrogen and oxygen atoms in total. The Labute approximate surface area is 178 Å². The molecule has 0 bridgehead atoms. The van der Waals surface area contributed by atoms with E-state index < -0.39 is 11.7 Å². The number of hydrogen-bond donors (Lipinski definition) is 0. The van der Waals surface area contributed by atoms with Crippen molar-refractivity contribution in [1.29, 1.82) is 0 Å². The second-order valence-electron chi connectivity index (χ2n) is 7.18. The van der Waals surface area contributed by atoms with E-state index in [1.807, 2.05) is 55.5 Å². The van der Waals surface area contributed by atoms with E-state index in [1.165, 1.54) is 12.3 Å². The quantitative estimate of drug-likeness (QED) is 0.353. The third-order valence-electron chi connectivity index (χ3n) is 5.08. The zero-order valence-electron chi connectivity index (χ0n) is 17.0. The standard InChI is InChI=1S/C25H20F3NO2/c1-16-14-29-24-21(7-4-8-22(24)25(26,27)28)23(16)18-5-3-6-20(13-18)31-15-17-9-11-19(30-2)12-10-17/h3-14H,15H2,1-2H3. The molecular formula is C25H20F3NO2. The molecule has 0 N–H and O–H groups in total. The van der Waals surface area contributed by atoms with Gasteiger partial charge in [-0.3, -0.25) is 4.98 Å². The predicted molar refractivity (Wildman–Crippen MR) is 114 cm³/mol. The molecule has 0 aliphatic rings. The molecule has 3 aromatic carbocycles. The van der Waals surface area contributed by atoms with E-state index in [0.29, 0.717) is 23.3 Å². The Balaban J connectivity index is 1.69. The van der Waals surface area contributed by atoms with Crippen molar-refractivity contribution < 1.29 is 22.6 Å². The van der Waals surface area contributed by atoms with Crippen LogP contribution in [0.25, 0.3) is 22.0 Å². The van der Waals surface area contributed by atoms with Crippen LogP contribution in [0.3, 0.4) is 0 Å². The minimum absolute atomic E-state index is 0.0554. The zero-order chi connectivity index (χ0) is 22.0. The van der Waals surface area contributed by atoms with Crippen LogP contribution in [0.1, 0.15) is 16.7 Å². The molecule has 1 aromatic heterocycles. The lowest BCUT2D eigenvalue weighted by atomic mass is 9.95. The van der Waals surface area contributed by atoms with E-state index in [1.54, 1.807) is 13.2 Å². The Morgan fingerprint density at radius 2 is 1.65 bits per heavy atom. The minimum atomic E-state index is -4.47. The van der Waals surface area contributed by atoms with Gasteiger partial charge >= 0.3 is 6.18 Å². The number of hydrogen-bond acceptors (Lipinski definition) is 3. The van der Waals surface area contributed by atoms with Crippen molar-refractivity contribution in [2.75, 3.05) is 7.11 Å². The number of aromatic nitrogens is 1. The number of nitrogens with zero attached hydrogens (tertiary/aromatic N) is 1. The zero-order valence-corrected chi connectivity index (χ0v) is 17.0. The van der Waals surface area contributed by atoms with Gasteiger partial charge in [0.2, 0.25) is 0 Å². The molecule has 0 aliphatic heterocycles. The van der Waals surface area contributed by atoms with Crippen LogP contribution >= 0.6 is 0 Å². The molecule has 0 spiro atoms. The Morgan fingerprint density at radius 3 is 2.35 bits per heavy atom. The Morgan fingerprint density at radius 1 is 0.903 bits per heavy atom. The average Bonchev–Trinajstić information content (AvgIpc) is 2.77. The summed E-state index contributed by atoms with van der Waals surface area (Å²) in [4.78, 5) is 4.08. The highest BCUT2D eigenvalue weighted by atomic mass is 19.4. The summed E-state index contributed by atoms with van der Waals surface area (Å²) in [6, 6.07) is 19.1. The van der Waals surface area contributed by atoms with Crippen LogP contribution in [0.5, 0.6) is 11.5 Å². The molecule has 4 aromatic rings. The van der Waals surface area contributed by atoms with E-state index in [4.69, 9.17) is 9.47 Å². The van der Waals surface area contributed by atoms with Gasteiger partial charge in [0.15, 0.2) is 0 Å². The lowest BCUT2D eigenvalue weighted by Crippen LogP contribution is -2.07. The van der Waals surface area contributed by atoms with Gasteiger partial charge in [0.1, 0.15) is 18.1 Å². The molecule has 0 saturated carbocycles. The second kappa shape index (κ2) is 8.30. The number of alkyl halides is 3. The van der Waals surface area contributed by atoms with Gasteiger partial charge in [-0.05, 0) is 59.5 Å². The Hall–Kier alpha value is -3.54. The molecule has 0 radical (unpaired) electrons. The molecule has 0 saturated heterocycles. The summed E-state index contributed by atoms with van der Waals surface area (Å²) in [7, 11) is 1.61. The van der Waals surface area contributed by atoms with Crippen molar-refractivity contribution in [2.24, 2.45) is 0 Å². The number of pyridine rings is 1. The molecule has 0 amide bonds. The molecule has 6 heteroatoms. The molecule has 0 aliphatic carbocycles. The summed E-state index contributed by atoms with van der Waals surface area (Å²) >= 11 is 0. The first-order valence-electron chi connectivity index (χ1n) is 9.68. The summed E-state index contributed by atoms with van der Waals surface area (Å²) in [5, 5.41) is 0.460. The number of rotatable bonds is 5. The highest BCUT2D eigenvalue weighted by Gasteiger charge is 2.33. The van der Waals surface area contributed by atoms with Crippen LogP contribution in [0.4, 0.5) is 13.2 Å². The lowest BCUT2D eigenvalue weighted by Gasteiger charge is -2.15. The summed E-state index contributed by atoms with van der Waals surface area (Å²) in [5.74, 6) is 1.40. The molecule has 1 heterocycles. The topological polar surface area (TPSA) is 31.4 Å². The molecule has 0 atom stereocenters. The fraction of sp³-hybridized carbons (Fsp3) is 0.160. The first kappa shape index (κ1) is 20.7. The van der Waals surface area contributed by atoms with E-state index in [0.717, 1.165) is 28.5 Å². The molecule has 31 heavy (non-hydrogen) atoms. The second-order valence-corrected chi connectivity index (χ2v) is 7.18. The molecule has 158 valence electrons. The normalized spacial score (nSPS) is 11.5. The first-order valence-corrected chi connectivity index (χ1v) is 9.68. The first-order chi connectivity index (χ1) is 14.9. The number of fused-ring (bicyclic) bond motifs is 1. The maximum absolute atomic E-state index is 13.5. The average molecular weight is 423 g/mol. The van der Waals surface area contributed by atoms with Gasteiger partial charge in [0.25, 0.3) is 0 Å². The number of methoxy groups -OCH3 is 1. The molecule has 0 unspecified atom stereocenters. The van der Waals surface area contributed by atoms with Crippen LogP contribution in [0.2, 0.25) is 0 Å². The Kier molecular flexibility index (Phi) is 5.55. The monoisotopic (exact) mass is 423 g/mol. The summed E-state index contributed by atoms with van der Waals surface area (Å²) in [6.07, 6.45) is -2.99. The van der Waals surface area contributed by atoms with Gasteiger partial charge < -0.3 is 9.47 Å². The third-order valence-corrected chi connectivity index (χ3v) is 5.08. The Bertz CT molecular complexity index is 1220. The smallest absolute Gasteiger partial charge is 0.418 e. The molecule has 0 fully saturated rings. The van der Waals surface area contributed by atoms with Crippen molar-refractivity contribution >= 4 is 10.9 Å². The van der Waals surface area contributed by atoms with Crippen molar-refractivity contribution in [3.05, 3.63) is 89.6 Å². The summed E-state index contributed by atoms with van der Waals surface area (Å²) in [6.45, 7) is 2.20.